The predicted molar refractivity (Wildman–Crippen MR) is 42.0 cm³/mol. The zero-order chi connectivity index (χ0) is 6.41. The van der Waals surface area contributed by atoms with E-state index in [-0.39, 0.29) is 0 Å². The zero-order valence-corrected chi connectivity index (χ0v) is 6.48. The number of hydrogen-bond acceptors (Lipinski definition) is 0. The smallest absolute Gasteiger partial charge is 0.0171 e. The van der Waals surface area contributed by atoms with Gasteiger partial charge in [0.05, 0.1) is 0 Å². The molecule has 0 amide bonds. The number of allylic oxidation sites excluding steroid dienone is 5. The molecule has 0 heterocycles. The first kappa shape index (κ1) is 7.70. The molecule has 0 saturated heterocycles. The van der Waals surface area contributed by atoms with Crippen molar-refractivity contribution < 1.29 is 0 Å². The van der Waals surface area contributed by atoms with Gasteiger partial charge in [0.25, 0.3) is 0 Å². The van der Waals surface area contributed by atoms with Crippen molar-refractivity contribution in [1.82, 2.24) is 0 Å². The van der Waals surface area contributed by atoms with Crippen LogP contribution in [0.3, 0.4) is 0 Å². The second-order valence-corrected chi connectivity index (χ2v) is 2.20. The van der Waals surface area contributed by atoms with Crippen LogP contribution in [0.15, 0.2) is 35.4 Å². The summed E-state index contributed by atoms with van der Waals surface area (Å²) in [5, 5.41) is 0. The molecular weight excluding hydrogens is 164 g/mol. The average Bonchev–Trinajstić information content (AvgIpc) is 1.68. The molecule has 0 spiro atoms. The van der Waals surface area contributed by atoms with E-state index in [9.17, 15) is 0 Å². The highest BCUT2D eigenvalue weighted by Gasteiger charge is 1.74. The molecule has 0 fully saturated rings. The third-order valence-corrected chi connectivity index (χ3v) is 1.13. The number of halogens is 1. The van der Waals surface area contributed by atoms with Crippen LogP contribution in [0, 0.1) is 0 Å². The average molecular weight is 173 g/mol. The quantitative estimate of drug-likeness (QED) is 0.563. The van der Waals surface area contributed by atoms with Gasteiger partial charge in [-0.2, -0.15) is 0 Å². The highest BCUT2D eigenvalue weighted by Crippen LogP contribution is 2.05. The number of rotatable bonds is 2. The first-order chi connectivity index (χ1) is 3.81. The van der Waals surface area contributed by atoms with Crippen molar-refractivity contribution in [3.05, 3.63) is 35.4 Å². The van der Waals surface area contributed by atoms with Crippen LogP contribution in [0.1, 0.15) is 6.92 Å². The Morgan fingerprint density at radius 1 is 1.62 bits per heavy atom. The Kier molecular flexibility index (Phi) is 4.67. The molecule has 0 aliphatic heterocycles. The lowest BCUT2D eigenvalue weighted by Gasteiger charge is -1.80. The first-order valence-corrected chi connectivity index (χ1v) is 3.21. The third kappa shape index (κ3) is 3.88. The summed E-state index contributed by atoms with van der Waals surface area (Å²) >= 11 is 3.30. The lowest BCUT2D eigenvalue weighted by molar-refractivity contribution is 1.72. The van der Waals surface area contributed by atoms with Crippen molar-refractivity contribution in [3.8, 4) is 0 Å². The van der Waals surface area contributed by atoms with E-state index < -0.39 is 0 Å². The molecule has 0 atom stereocenters. The van der Waals surface area contributed by atoms with E-state index in [0.29, 0.717) is 0 Å². The molecule has 0 unspecified atom stereocenters. The lowest BCUT2D eigenvalue weighted by atomic mass is 10.4. The first-order valence-electron chi connectivity index (χ1n) is 2.42. The van der Waals surface area contributed by atoms with E-state index in [1.165, 1.54) is 0 Å². The Balaban J connectivity index is 3.79. The molecule has 0 aromatic carbocycles. The summed E-state index contributed by atoms with van der Waals surface area (Å²) < 4.78 is 1.05. The summed E-state index contributed by atoms with van der Waals surface area (Å²) in [6, 6.07) is 0. The fraction of sp³-hybridized carbons (Fsp3) is 0.143. The lowest BCUT2D eigenvalue weighted by Crippen LogP contribution is -1.55. The van der Waals surface area contributed by atoms with Gasteiger partial charge in [0.2, 0.25) is 0 Å². The monoisotopic (exact) mass is 172 g/mol. The van der Waals surface area contributed by atoms with E-state index in [0.717, 1.165) is 4.48 Å². The Hall–Kier alpha value is -0.300. The topological polar surface area (TPSA) is 0 Å². The van der Waals surface area contributed by atoms with Crippen molar-refractivity contribution in [2.24, 2.45) is 0 Å². The summed E-state index contributed by atoms with van der Waals surface area (Å²) in [4.78, 5) is 0. The van der Waals surface area contributed by atoms with Crippen LogP contribution in [0.25, 0.3) is 0 Å². The van der Waals surface area contributed by atoms with Gasteiger partial charge in [-0.25, -0.2) is 0 Å². The molecule has 0 N–H and O–H groups in total. The maximum absolute atomic E-state index is 3.54. The Morgan fingerprint density at radius 2 is 2.25 bits per heavy atom. The van der Waals surface area contributed by atoms with Crippen LogP contribution in [0.5, 0.6) is 0 Å². The molecule has 0 bridgehead atoms. The summed E-state index contributed by atoms with van der Waals surface area (Å²) in [5.74, 6) is 0. The minimum Gasteiger partial charge on any atom is -0.0990 e. The molecular formula is C7H9Br. The molecule has 0 nitrogen and oxygen atoms in total. The Labute approximate surface area is 58.7 Å². The van der Waals surface area contributed by atoms with E-state index in [2.05, 4.69) is 22.5 Å². The number of hydrogen-bond donors (Lipinski definition) is 0. The van der Waals surface area contributed by atoms with E-state index in [4.69, 9.17) is 0 Å². The van der Waals surface area contributed by atoms with Gasteiger partial charge in [0, 0.05) is 4.48 Å². The molecule has 0 aromatic heterocycles. The van der Waals surface area contributed by atoms with Crippen LogP contribution in [-0.4, -0.2) is 0 Å². The predicted octanol–water partition coefficient (Wildman–Crippen LogP) is 3.03. The summed E-state index contributed by atoms with van der Waals surface area (Å²) in [5.41, 5.74) is 0. The maximum atomic E-state index is 3.54. The SMILES string of the molecule is C=C/C=C(Br)\C=C\C. The molecule has 44 valence electrons. The van der Waals surface area contributed by atoms with Gasteiger partial charge in [0.1, 0.15) is 0 Å². The standard InChI is InChI=1S/C7H9Br/c1-3-5-7(8)6-4-2/h3-6H,1H2,2H3/b6-4+,7-5+. The van der Waals surface area contributed by atoms with Crippen molar-refractivity contribution in [2.45, 2.75) is 6.92 Å². The highest BCUT2D eigenvalue weighted by atomic mass is 79.9. The van der Waals surface area contributed by atoms with E-state index in [1.54, 1.807) is 6.08 Å². The summed E-state index contributed by atoms with van der Waals surface area (Å²) in [6.07, 6.45) is 7.55. The van der Waals surface area contributed by atoms with E-state index in [1.807, 2.05) is 25.2 Å². The van der Waals surface area contributed by atoms with Crippen molar-refractivity contribution in [3.63, 3.8) is 0 Å². The second kappa shape index (κ2) is 4.85. The Bertz CT molecular complexity index is 120. The summed E-state index contributed by atoms with van der Waals surface area (Å²) in [7, 11) is 0. The minimum atomic E-state index is 1.05. The van der Waals surface area contributed by atoms with Crippen LogP contribution >= 0.6 is 15.9 Å². The molecule has 0 rings (SSSR count). The molecule has 0 aliphatic carbocycles. The summed E-state index contributed by atoms with van der Waals surface area (Å²) in [6.45, 7) is 5.51. The van der Waals surface area contributed by atoms with Crippen molar-refractivity contribution in [2.75, 3.05) is 0 Å². The minimum absolute atomic E-state index is 1.05. The van der Waals surface area contributed by atoms with Gasteiger partial charge in [-0.3, -0.25) is 0 Å². The van der Waals surface area contributed by atoms with Crippen LogP contribution < -0.4 is 0 Å². The van der Waals surface area contributed by atoms with Gasteiger partial charge in [-0.05, 0) is 13.0 Å². The van der Waals surface area contributed by atoms with Gasteiger partial charge in [0.15, 0.2) is 0 Å². The second-order valence-electron chi connectivity index (χ2n) is 1.29. The van der Waals surface area contributed by atoms with Gasteiger partial charge < -0.3 is 0 Å². The molecule has 0 aromatic rings. The molecule has 0 radical (unpaired) electrons. The van der Waals surface area contributed by atoms with Gasteiger partial charge >= 0.3 is 0 Å². The molecule has 0 aliphatic rings. The van der Waals surface area contributed by atoms with Gasteiger partial charge in [-0.1, -0.05) is 40.7 Å². The Morgan fingerprint density at radius 3 is 2.62 bits per heavy atom. The zero-order valence-electron chi connectivity index (χ0n) is 4.89. The normalized spacial score (nSPS) is 12.5. The van der Waals surface area contributed by atoms with Gasteiger partial charge in [-0.15, -0.1) is 0 Å². The molecule has 8 heavy (non-hydrogen) atoms. The van der Waals surface area contributed by atoms with Crippen molar-refractivity contribution >= 4 is 15.9 Å². The van der Waals surface area contributed by atoms with Crippen LogP contribution in [0.4, 0.5) is 0 Å². The van der Waals surface area contributed by atoms with Crippen LogP contribution in [0.2, 0.25) is 0 Å². The van der Waals surface area contributed by atoms with Crippen molar-refractivity contribution in [1.29, 1.82) is 0 Å². The fourth-order valence-corrected chi connectivity index (χ4v) is 0.779. The largest absolute Gasteiger partial charge is 0.0990 e. The van der Waals surface area contributed by atoms with E-state index >= 15 is 0 Å². The molecule has 0 saturated carbocycles. The third-order valence-electron chi connectivity index (χ3n) is 0.603. The maximum Gasteiger partial charge on any atom is 0.0171 e. The molecule has 1 heteroatoms. The fourth-order valence-electron chi connectivity index (χ4n) is 0.327. The highest BCUT2D eigenvalue weighted by molar-refractivity contribution is 9.11. The van der Waals surface area contributed by atoms with Crippen LogP contribution in [-0.2, 0) is 0 Å².